The van der Waals surface area contributed by atoms with Crippen molar-refractivity contribution in [2.24, 2.45) is 0 Å². The molecule has 0 saturated heterocycles. The molecule has 0 aliphatic carbocycles. The SMILES string of the molecule is COc1ccc(-c2noc(Br)c2Br)cc1F. The van der Waals surface area contributed by atoms with Gasteiger partial charge in [-0.25, -0.2) is 4.39 Å². The Hall–Kier alpha value is -0.880. The smallest absolute Gasteiger partial charge is 0.216 e. The second-order valence-electron chi connectivity index (χ2n) is 2.97. The molecule has 0 aliphatic heterocycles. The number of rotatable bonds is 2. The molecule has 0 atom stereocenters. The zero-order valence-electron chi connectivity index (χ0n) is 8.13. The van der Waals surface area contributed by atoms with Gasteiger partial charge in [0, 0.05) is 5.56 Å². The van der Waals surface area contributed by atoms with E-state index in [9.17, 15) is 4.39 Å². The maximum absolute atomic E-state index is 13.5. The molecule has 0 amide bonds. The topological polar surface area (TPSA) is 35.3 Å². The average Bonchev–Trinajstić information content (AvgIpc) is 2.60. The molecular weight excluding hydrogens is 345 g/mol. The fourth-order valence-electron chi connectivity index (χ4n) is 1.25. The van der Waals surface area contributed by atoms with Crippen molar-refractivity contribution in [1.29, 1.82) is 0 Å². The number of benzene rings is 1. The van der Waals surface area contributed by atoms with Crippen LogP contribution in [0.4, 0.5) is 4.39 Å². The molecule has 0 saturated carbocycles. The first-order valence-corrected chi connectivity index (χ1v) is 5.86. The van der Waals surface area contributed by atoms with Crippen LogP contribution in [-0.4, -0.2) is 12.3 Å². The summed E-state index contributed by atoms with van der Waals surface area (Å²) in [6, 6.07) is 4.59. The first kappa shape index (κ1) is 11.6. The lowest BCUT2D eigenvalue weighted by Gasteiger charge is -2.02. The lowest BCUT2D eigenvalue weighted by atomic mass is 10.1. The molecule has 1 heterocycles. The zero-order valence-corrected chi connectivity index (χ0v) is 11.3. The van der Waals surface area contributed by atoms with Crippen molar-refractivity contribution in [2.45, 2.75) is 0 Å². The summed E-state index contributed by atoms with van der Waals surface area (Å²) in [5.41, 5.74) is 1.15. The fourth-order valence-corrected chi connectivity index (χ4v) is 1.89. The summed E-state index contributed by atoms with van der Waals surface area (Å²) in [6.45, 7) is 0. The summed E-state index contributed by atoms with van der Waals surface area (Å²) in [4.78, 5) is 0. The van der Waals surface area contributed by atoms with Crippen LogP contribution in [-0.2, 0) is 0 Å². The third-order valence-electron chi connectivity index (χ3n) is 2.02. The van der Waals surface area contributed by atoms with Crippen LogP contribution in [0, 0.1) is 5.82 Å². The number of hydrogen-bond acceptors (Lipinski definition) is 3. The molecule has 3 nitrogen and oxygen atoms in total. The Bertz CT molecular complexity index is 528. The van der Waals surface area contributed by atoms with Gasteiger partial charge < -0.3 is 9.26 Å². The second kappa shape index (κ2) is 4.55. The molecule has 1 aromatic carbocycles. The van der Waals surface area contributed by atoms with Crippen molar-refractivity contribution in [2.75, 3.05) is 7.11 Å². The average molecular weight is 351 g/mol. The predicted octanol–water partition coefficient (Wildman–Crippen LogP) is 4.01. The van der Waals surface area contributed by atoms with Gasteiger partial charge in [0.25, 0.3) is 0 Å². The van der Waals surface area contributed by atoms with Gasteiger partial charge in [-0.2, -0.15) is 0 Å². The summed E-state index contributed by atoms with van der Waals surface area (Å²) in [7, 11) is 1.42. The largest absolute Gasteiger partial charge is 0.494 e. The van der Waals surface area contributed by atoms with Crippen LogP contribution in [0.15, 0.2) is 31.9 Å². The van der Waals surface area contributed by atoms with E-state index in [-0.39, 0.29) is 5.75 Å². The van der Waals surface area contributed by atoms with Gasteiger partial charge in [-0.3, -0.25) is 0 Å². The number of methoxy groups -OCH3 is 1. The van der Waals surface area contributed by atoms with Gasteiger partial charge >= 0.3 is 0 Å². The summed E-state index contributed by atoms with van der Waals surface area (Å²) >= 11 is 6.46. The van der Waals surface area contributed by atoms with Crippen molar-refractivity contribution in [3.63, 3.8) is 0 Å². The van der Waals surface area contributed by atoms with E-state index in [0.717, 1.165) is 0 Å². The molecule has 0 bridgehead atoms. The minimum Gasteiger partial charge on any atom is -0.494 e. The lowest BCUT2D eigenvalue weighted by molar-refractivity contribution is 0.386. The summed E-state index contributed by atoms with van der Waals surface area (Å²) in [5.74, 6) is -0.242. The predicted molar refractivity (Wildman–Crippen MR) is 63.8 cm³/mol. The van der Waals surface area contributed by atoms with Crippen LogP contribution in [0.1, 0.15) is 0 Å². The number of halogens is 3. The zero-order chi connectivity index (χ0) is 11.7. The molecular formula is C10H6Br2FNO2. The fraction of sp³-hybridized carbons (Fsp3) is 0.100. The van der Waals surface area contributed by atoms with E-state index < -0.39 is 5.82 Å². The molecule has 1 aromatic heterocycles. The Kier molecular flexibility index (Phi) is 3.30. The van der Waals surface area contributed by atoms with Gasteiger partial charge in [-0.15, -0.1) is 0 Å². The van der Waals surface area contributed by atoms with Gasteiger partial charge in [0.15, 0.2) is 11.6 Å². The van der Waals surface area contributed by atoms with Gasteiger partial charge in [-0.1, -0.05) is 5.16 Å². The molecule has 16 heavy (non-hydrogen) atoms. The Morgan fingerprint density at radius 2 is 2.12 bits per heavy atom. The Morgan fingerprint density at radius 1 is 1.38 bits per heavy atom. The minimum atomic E-state index is -0.439. The molecule has 84 valence electrons. The first-order valence-electron chi connectivity index (χ1n) is 4.28. The molecule has 0 radical (unpaired) electrons. The van der Waals surface area contributed by atoms with Gasteiger partial charge in [0.2, 0.25) is 4.67 Å². The monoisotopic (exact) mass is 349 g/mol. The van der Waals surface area contributed by atoms with Crippen LogP contribution in [0.25, 0.3) is 11.3 Å². The highest BCUT2D eigenvalue weighted by atomic mass is 79.9. The number of hydrogen-bond donors (Lipinski definition) is 0. The molecule has 2 aromatic rings. The molecule has 0 fully saturated rings. The van der Waals surface area contributed by atoms with Crippen molar-refractivity contribution in [1.82, 2.24) is 5.16 Å². The van der Waals surface area contributed by atoms with E-state index >= 15 is 0 Å². The van der Waals surface area contributed by atoms with E-state index in [1.807, 2.05) is 0 Å². The number of nitrogens with zero attached hydrogens (tertiary/aromatic N) is 1. The molecule has 0 spiro atoms. The highest BCUT2D eigenvalue weighted by Crippen LogP contribution is 2.34. The van der Waals surface area contributed by atoms with Gasteiger partial charge in [-0.05, 0) is 50.1 Å². The van der Waals surface area contributed by atoms with Crippen LogP contribution in [0.3, 0.4) is 0 Å². The maximum Gasteiger partial charge on any atom is 0.216 e. The molecule has 6 heteroatoms. The van der Waals surface area contributed by atoms with Crippen LogP contribution in [0.5, 0.6) is 5.75 Å². The summed E-state index contributed by atoms with van der Waals surface area (Å²) in [5, 5.41) is 3.81. The first-order chi connectivity index (χ1) is 7.63. The van der Waals surface area contributed by atoms with E-state index in [0.29, 0.717) is 20.4 Å². The third kappa shape index (κ3) is 1.99. The quantitative estimate of drug-likeness (QED) is 0.820. The van der Waals surface area contributed by atoms with Crippen molar-refractivity contribution < 1.29 is 13.7 Å². The van der Waals surface area contributed by atoms with Crippen molar-refractivity contribution in [3.8, 4) is 17.0 Å². The summed E-state index contributed by atoms with van der Waals surface area (Å²) in [6.07, 6.45) is 0. The van der Waals surface area contributed by atoms with Crippen LogP contribution < -0.4 is 4.74 Å². The molecule has 0 N–H and O–H groups in total. The van der Waals surface area contributed by atoms with E-state index in [1.165, 1.54) is 13.2 Å². The molecule has 0 unspecified atom stereocenters. The highest BCUT2D eigenvalue weighted by molar-refractivity contribution is 9.13. The van der Waals surface area contributed by atoms with E-state index in [2.05, 4.69) is 37.0 Å². The lowest BCUT2D eigenvalue weighted by Crippen LogP contribution is -1.88. The van der Waals surface area contributed by atoms with Crippen LogP contribution >= 0.6 is 31.9 Å². The second-order valence-corrected chi connectivity index (χ2v) is 4.48. The van der Waals surface area contributed by atoms with Gasteiger partial charge in [0.05, 0.1) is 11.6 Å². The molecule has 2 rings (SSSR count). The van der Waals surface area contributed by atoms with Crippen molar-refractivity contribution in [3.05, 3.63) is 33.2 Å². The van der Waals surface area contributed by atoms with Gasteiger partial charge in [0.1, 0.15) is 5.69 Å². The Labute approximate surface area is 108 Å². The standard InChI is InChI=1S/C10H6Br2FNO2/c1-15-7-3-2-5(4-6(7)13)9-8(11)10(12)16-14-9/h2-4H,1H3. The van der Waals surface area contributed by atoms with Crippen LogP contribution in [0.2, 0.25) is 0 Å². The van der Waals surface area contributed by atoms with Crippen molar-refractivity contribution >= 4 is 31.9 Å². The van der Waals surface area contributed by atoms with E-state index in [4.69, 9.17) is 9.26 Å². The number of ether oxygens (including phenoxy) is 1. The number of aromatic nitrogens is 1. The molecule has 0 aliphatic rings. The Morgan fingerprint density at radius 3 is 2.62 bits per heavy atom. The third-order valence-corrected chi connectivity index (χ3v) is 3.83. The Balaban J connectivity index is 2.49. The van der Waals surface area contributed by atoms with E-state index in [1.54, 1.807) is 12.1 Å². The normalized spacial score (nSPS) is 10.5. The highest BCUT2D eigenvalue weighted by Gasteiger charge is 2.14. The minimum absolute atomic E-state index is 0.197. The maximum atomic E-state index is 13.5. The summed E-state index contributed by atoms with van der Waals surface area (Å²) < 4.78 is 24.3.